The summed E-state index contributed by atoms with van der Waals surface area (Å²) in [5.74, 6) is 1.24. The molecule has 38 heavy (non-hydrogen) atoms. The Labute approximate surface area is 225 Å². The van der Waals surface area contributed by atoms with Gasteiger partial charge in [0.15, 0.2) is 0 Å². The van der Waals surface area contributed by atoms with Gasteiger partial charge in [0.2, 0.25) is 0 Å². The Morgan fingerprint density at radius 1 is 0.895 bits per heavy atom. The Balaban J connectivity index is 1.85. The van der Waals surface area contributed by atoms with Crippen molar-refractivity contribution in [2.24, 2.45) is 0 Å². The highest BCUT2D eigenvalue weighted by Gasteiger charge is 2.25. The number of likely N-dealkylation sites (N-methyl/N-ethyl adjacent to an activating group) is 1. The van der Waals surface area contributed by atoms with Crippen LogP contribution in [0.5, 0.6) is 11.5 Å². The third kappa shape index (κ3) is 6.06. The Bertz CT molecular complexity index is 1400. The van der Waals surface area contributed by atoms with Gasteiger partial charge in [-0.3, -0.25) is 4.79 Å². The summed E-state index contributed by atoms with van der Waals surface area (Å²) in [6.45, 7) is 5.91. The number of hydrogen-bond acceptors (Lipinski definition) is 5. The maximum atomic E-state index is 14.2. The van der Waals surface area contributed by atoms with Gasteiger partial charge in [-0.25, -0.2) is 4.68 Å². The minimum Gasteiger partial charge on any atom is -0.497 e. The van der Waals surface area contributed by atoms with Gasteiger partial charge in [0.25, 0.3) is 5.91 Å². The van der Waals surface area contributed by atoms with E-state index in [1.165, 1.54) is 0 Å². The molecule has 0 aliphatic carbocycles. The molecule has 0 aliphatic heterocycles. The zero-order chi connectivity index (χ0) is 27.2. The predicted molar refractivity (Wildman–Crippen MR) is 151 cm³/mol. The van der Waals surface area contributed by atoms with E-state index in [1.807, 2.05) is 87.4 Å². The lowest BCUT2D eigenvalue weighted by atomic mass is 10.1. The molecule has 0 N–H and O–H groups in total. The summed E-state index contributed by atoms with van der Waals surface area (Å²) in [6.07, 6.45) is 0. The Morgan fingerprint density at radius 2 is 1.66 bits per heavy atom. The molecule has 0 unspecified atom stereocenters. The number of methoxy groups -OCH3 is 2. The molecule has 0 atom stereocenters. The molecule has 7 heteroatoms. The first-order valence-electron chi connectivity index (χ1n) is 12.7. The molecule has 1 aromatic heterocycles. The predicted octanol–water partition coefficient (Wildman–Crippen LogP) is 5.38. The number of carbonyl (C=O) groups is 1. The first kappa shape index (κ1) is 26.9. The first-order valence-corrected chi connectivity index (χ1v) is 12.7. The van der Waals surface area contributed by atoms with Crippen LogP contribution < -0.4 is 9.47 Å². The third-order valence-corrected chi connectivity index (χ3v) is 6.53. The number of carbonyl (C=O) groups excluding carboxylic acids is 1. The highest BCUT2D eigenvalue weighted by molar-refractivity contribution is 5.94. The van der Waals surface area contributed by atoms with Crippen molar-refractivity contribution >= 4 is 5.91 Å². The van der Waals surface area contributed by atoms with Crippen molar-refractivity contribution in [2.45, 2.75) is 20.4 Å². The van der Waals surface area contributed by atoms with Gasteiger partial charge in [-0.05, 0) is 68.9 Å². The van der Waals surface area contributed by atoms with Crippen LogP contribution in [0, 0.1) is 13.8 Å². The number of ether oxygens (including phenoxy) is 2. The Kier molecular flexibility index (Phi) is 8.48. The summed E-state index contributed by atoms with van der Waals surface area (Å²) >= 11 is 0. The number of aryl methyl sites for hydroxylation is 2. The Morgan fingerprint density at radius 3 is 2.34 bits per heavy atom. The van der Waals surface area contributed by atoms with Crippen molar-refractivity contribution < 1.29 is 14.3 Å². The standard InChI is InChI=1S/C31H36N4O3/c1-22-12-13-23(2)28(18-22)35-29(20-27(32-35)26-15-14-25(37-5)19-30(26)38-6)31(36)34(17-16-33(3)4)21-24-10-8-7-9-11-24/h7-15,18-20H,16-17,21H2,1-6H3. The van der Waals surface area contributed by atoms with E-state index in [0.717, 1.165) is 34.5 Å². The van der Waals surface area contributed by atoms with Gasteiger partial charge in [0.1, 0.15) is 17.2 Å². The average molecular weight is 513 g/mol. The van der Waals surface area contributed by atoms with Crippen LogP contribution in [-0.4, -0.2) is 66.9 Å². The lowest BCUT2D eigenvalue weighted by molar-refractivity contribution is 0.0722. The fraction of sp³-hybridized carbons (Fsp3) is 0.290. The van der Waals surface area contributed by atoms with Crippen molar-refractivity contribution in [1.29, 1.82) is 0 Å². The van der Waals surface area contributed by atoms with Crippen molar-refractivity contribution in [2.75, 3.05) is 41.4 Å². The zero-order valence-electron chi connectivity index (χ0n) is 23.1. The minimum atomic E-state index is -0.0807. The summed E-state index contributed by atoms with van der Waals surface area (Å²) in [5, 5.41) is 4.96. The first-order chi connectivity index (χ1) is 18.3. The molecule has 1 amide bonds. The highest BCUT2D eigenvalue weighted by Crippen LogP contribution is 2.34. The molecule has 1 heterocycles. The number of hydrogen-bond donors (Lipinski definition) is 0. The van der Waals surface area contributed by atoms with Crippen LogP contribution in [0.3, 0.4) is 0 Å². The van der Waals surface area contributed by atoms with Crippen molar-refractivity contribution in [3.8, 4) is 28.4 Å². The molecule has 4 rings (SSSR count). The zero-order valence-corrected chi connectivity index (χ0v) is 23.1. The van der Waals surface area contributed by atoms with Gasteiger partial charge >= 0.3 is 0 Å². The normalized spacial score (nSPS) is 11.0. The van der Waals surface area contributed by atoms with Gasteiger partial charge in [-0.1, -0.05) is 42.5 Å². The van der Waals surface area contributed by atoms with Crippen LogP contribution >= 0.6 is 0 Å². The largest absolute Gasteiger partial charge is 0.497 e. The summed E-state index contributed by atoms with van der Waals surface area (Å²) in [4.78, 5) is 18.2. The van der Waals surface area contributed by atoms with Gasteiger partial charge in [0, 0.05) is 31.3 Å². The molecule has 0 radical (unpaired) electrons. The van der Waals surface area contributed by atoms with Gasteiger partial charge < -0.3 is 19.3 Å². The second-order valence-electron chi connectivity index (χ2n) is 9.70. The molecule has 0 saturated heterocycles. The molecule has 3 aromatic carbocycles. The SMILES string of the molecule is COc1ccc(-c2cc(C(=O)N(CCN(C)C)Cc3ccccc3)n(-c3cc(C)ccc3C)n2)c(OC)c1. The van der Waals surface area contributed by atoms with Gasteiger partial charge in [-0.15, -0.1) is 0 Å². The quantitative estimate of drug-likeness (QED) is 0.286. The molecule has 7 nitrogen and oxygen atoms in total. The van der Waals surface area contributed by atoms with Crippen LogP contribution in [0.25, 0.3) is 16.9 Å². The van der Waals surface area contributed by atoms with E-state index in [-0.39, 0.29) is 5.91 Å². The number of amides is 1. The summed E-state index contributed by atoms with van der Waals surface area (Å²) in [6, 6.07) is 23.7. The van der Waals surface area contributed by atoms with E-state index >= 15 is 0 Å². The molecule has 198 valence electrons. The maximum absolute atomic E-state index is 14.2. The fourth-order valence-electron chi connectivity index (χ4n) is 4.35. The Hall–Kier alpha value is -4.10. The lowest BCUT2D eigenvalue weighted by Crippen LogP contribution is -2.37. The lowest BCUT2D eigenvalue weighted by Gasteiger charge is -2.25. The molecule has 0 fully saturated rings. The summed E-state index contributed by atoms with van der Waals surface area (Å²) in [5.41, 5.74) is 6.02. The van der Waals surface area contributed by atoms with E-state index in [4.69, 9.17) is 14.6 Å². The fourth-order valence-corrected chi connectivity index (χ4v) is 4.35. The van der Waals surface area contributed by atoms with Gasteiger partial charge in [-0.2, -0.15) is 5.10 Å². The third-order valence-electron chi connectivity index (χ3n) is 6.53. The number of rotatable bonds is 10. The summed E-state index contributed by atoms with van der Waals surface area (Å²) < 4.78 is 12.8. The molecule has 0 spiro atoms. The topological polar surface area (TPSA) is 59.8 Å². The van der Waals surface area contributed by atoms with Crippen LogP contribution in [0.2, 0.25) is 0 Å². The van der Waals surface area contributed by atoms with Crippen LogP contribution in [0.15, 0.2) is 72.8 Å². The molecule has 0 bridgehead atoms. The van der Waals surface area contributed by atoms with E-state index in [2.05, 4.69) is 23.1 Å². The monoisotopic (exact) mass is 512 g/mol. The summed E-state index contributed by atoms with van der Waals surface area (Å²) in [7, 11) is 7.27. The van der Waals surface area contributed by atoms with Crippen molar-refractivity contribution in [3.63, 3.8) is 0 Å². The molecular formula is C31H36N4O3. The smallest absolute Gasteiger partial charge is 0.272 e. The number of benzene rings is 3. The van der Waals surface area contributed by atoms with Crippen LogP contribution in [0.4, 0.5) is 0 Å². The van der Waals surface area contributed by atoms with E-state index in [1.54, 1.807) is 18.9 Å². The van der Waals surface area contributed by atoms with Crippen LogP contribution in [-0.2, 0) is 6.54 Å². The molecule has 4 aromatic rings. The second-order valence-corrected chi connectivity index (χ2v) is 9.70. The van der Waals surface area contributed by atoms with E-state index in [0.29, 0.717) is 36.0 Å². The molecular weight excluding hydrogens is 476 g/mol. The number of aromatic nitrogens is 2. The van der Waals surface area contributed by atoms with Crippen molar-refractivity contribution in [1.82, 2.24) is 19.6 Å². The molecule has 0 aliphatic rings. The van der Waals surface area contributed by atoms with E-state index in [9.17, 15) is 4.79 Å². The van der Waals surface area contributed by atoms with Crippen molar-refractivity contribution in [3.05, 3.63) is 95.2 Å². The second kappa shape index (κ2) is 12.0. The van der Waals surface area contributed by atoms with Crippen LogP contribution in [0.1, 0.15) is 27.2 Å². The average Bonchev–Trinajstić information content (AvgIpc) is 3.37. The maximum Gasteiger partial charge on any atom is 0.272 e. The van der Waals surface area contributed by atoms with E-state index < -0.39 is 0 Å². The highest BCUT2D eigenvalue weighted by atomic mass is 16.5. The minimum absolute atomic E-state index is 0.0807. The number of nitrogens with zero attached hydrogens (tertiary/aromatic N) is 4. The van der Waals surface area contributed by atoms with Gasteiger partial charge in [0.05, 0.1) is 25.6 Å². The molecule has 0 saturated carbocycles.